The molecule has 2 aromatic rings. The second-order valence-electron chi connectivity index (χ2n) is 8.06. The molecule has 2 aliphatic carbocycles. The zero-order valence-corrected chi connectivity index (χ0v) is 19.5. The van der Waals surface area contributed by atoms with Gasteiger partial charge in [-0.25, -0.2) is 4.99 Å². The third-order valence-electron chi connectivity index (χ3n) is 5.45. The van der Waals surface area contributed by atoms with Gasteiger partial charge in [0.1, 0.15) is 12.4 Å². The smallest absolute Gasteiger partial charge is 0.192 e. The van der Waals surface area contributed by atoms with Crippen LogP contribution < -0.4 is 10.6 Å². The molecule has 0 bridgehead atoms. The average molecular weight is 498 g/mol. The first-order chi connectivity index (χ1) is 13.0. The summed E-state index contributed by atoms with van der Waals surface area (Å²) >= 11 is 0. The number of hydrogen-bond donors (Lipinski definition) is 2. The number of guanidine groups is 1. The Morgan fingerprint density at radius 3 is 2.61 bits per heavy atom. The lowest BCUT2D eigenvalue weighted by atomic mass is 9.94. The Kier molecular flexibility index (Phi) is 6.61. The van der Waals surface area contributed by atoms with Crippen molar-refractivity contribution in [2.45, 2.75) is 77.5 Å². The summed E-state index contributed by atoms with van der Waals surface area (Å²) in [5.74, 6) is 2.67. The molecule has 0 spiro atoms. The van der Waals surface area contributed by atoms with Crippen LogP contribution in [0.15, 0.2) is 11.2 Å². The van der Waals surface area contributed by atoms with E-state index in [-0.39, 0.29) is 24.0 Å². The lowest BCUT2D eigenvalue weighted by molar-refractivity contribution is 0.498. The number of aliphatic imine (C=N–C) groups is 1. The third kappa shape index (κ3) is 4.84. The monoisotopic (exact) mass is 498 g/mol. The van der Waals surface area contributed by atoms with Crippen molar-refractivity contribution in [3.63, 3.8) is 0 Å². The van der Waals surface area contributed by atoms with E-state index in [0.29, 0.717) is 24.7 Å². The molecule has 154 valence electrons. The van der Waals surface area contributed by atoms with Crippen molar-refractivity contribution in [2.24, 2.45) is 12.0 Å². The Morgan fingerprint density at radius 1 is 1.21 bits per heavy atom. The van der Waals surface area contributed by atoms with E-state index in [1.807, 2.05) is 18.5 Å². The van der Waals surface area contributed by atoms with Gasteiger partial charge in [0.05, 0.1) is 5.69 Å². The first-order valence-corrected chi connectivity index (χ1v) is 9.99. The SMILES string of the molecule is Cc1nnc(CN=C(NC2CC2)NC2CCc3cn(C(C)C)nc3C2)n1C.I. The first kappa shape index (κ1) is 21.1. The summed E-state index contributed by atoms with van der Waals surface area (Å²) in [4.78, 5) is 4.78. The van der Waals surface area contributed by atoms with Crippen LogP contribution in [-0.2, 0) is 26.4 Å². The van der Waals surface area contributed by atoms with E-state index >= 15 is 0 Å². The van der Waals surface area contributed by atoms with Crippen molar-refractivity contribution in [1.29, 1.82) is 0 Å². The maximum atomic E-state index is 4.78. The van der Waals surface area contributed by atoms with Crippen LogP contribution in [0.5, 0.6) is 0 Å². The molecule has 2 heterocycles. The van der Waals surface area contributed by atoms with E-state index in [2.05, 4.69) is 45.6 Å². The summed E-state index contributed by atoms with van der Waals surface area (Å²) < 4.78 is 4.07. The zero-order chi connectivity index (χ0) is 19.0. The predicted molar refractivity (Wildman–Crippen MR) is 120 cm³/mol. The molecule has 1 unspecified atom stereocenters. The second-order valence-corrected chi connectivity index (χ2v) is 8.06. The van der Waals surface area contributed by atoms with Crippen LogP contribution in [0.3, 0.4) is 0 Å². The number of nitrogens with zero attached hydrogens (tertiary/aromatic N) is 6. The van der Waals surface area contributed by atoms with Crippen LogP contribution in [0.4, 0.5) is 0 Å². The number of halogens is 1. The molecule has 4 rings (SSSR count). The quantitative estimate of drug-likeness (QED) is 0.376. The van der Waals surface area contributed by atoms with Gasteiger partial charge in [0.25, 0.3) is 0 Å². The van der Waals surface area contributed by atoms with Crippen molar-refractivity contribution < 1.29 is 0 Å². The highest BCUT2D eigenvalue weighted by molar-refractivity contribution is 14.0. The maximum absolute atomic E-state index is 4.78. The lowest BCUT2D eigenvalue weighted by Gasteiger charge is -2.24. The van der Waals surface area contributed by atoms with Crippen LogP contribution in [0.1, 0.15) is 62.1 Å². The largest absolute Gasteiger partial charge is 0.354 e. The number of rotatable bonds is 5. The van der Waals surface area contributed by atoms with Gasteiger partial charge in [-0.3, -0.25) is 4.68 Å². The molecule has 28 heavy (non-hydrogen) atoms. The van der Waals surface area contributed by atoms with E-state index in [4.69, 9.17) is 10.1 Å². The summed E-state index contributed by atoms with van der Waals surface area (Å²) in [5, 5.41) is 20.3. The molecule has 1 saturated carbocycles. The topological polar surface area (TPSA) is 84.9 Å². The lowest BCUT2D eigenvalue weighted by Crippen LogP contribution is -2.46. The molecule has 0 aliphatic heterocycles. The average Bonchev–Trinajstić information content (AvgIpc) is 3.25. The molecule has 8 nitrogen and oxygen atoms in total. The number of hydrogen-bond acceptors (Lipinski definition) is 4. The Hall–Kier alpha value is -1.65. The van der Waals surface area contributed by atoms with Gasteiger partial charge in [-0.15, -0.1) is 34.2 Å². The van der Waals surface area contributed by atoms with E-state index in [9.17, 15) is 0 Å². The summed E-state index contributed by atoms with van der Waals surface area (Å²) in [7, 11) is 1.98. The highest BCUT2D eigenvalue weighted by Crippen LogP contribution is 2.22. The minimum Gasteiger partial charge on any atom is -0.354 e. The fourth-order valence-electron chi connectivity index (χ4n) is 3.39. The maximum Gasteiger partial charge on any atom is 0.192 e. The van der Waals surface area contributed by atoms with E-state index in [1.54, 1.807) is 0 Å². The van der Waals surface area contributed by atoms with Crippen LogP contribution in [0.2, 0.25) is 0 Å². The van der Waals surface area contributed by atoms with Crippen LogP contribution in [-0.4, -0.2) is 42.6 Å². The van der Waals surface area contributed by atoms with Crippen molar-refractivity contribution in [3.8, 4) is 0 Å². The van der Waals surface area contributed by atoms with Gasteiger partial charge in [0.15, 0.2) is 11.8 Å². The minimum atomic E-state index is 0. The fourth-order valence-corrected chi connectivity index (χ4v) is 3.39. The molecule has 0 aromatic carbocycles. The molecule has 0 saturated heterocycles. The van der Waals surface area contributed by atoms with Gasteiger partial charge in [0.2, 0.25) is 0 Å². The van der Waals surface area contributed by atoms with Crippen molar-refractivity contribution >= 4 is 29.9 Å². The summed E-state index contributed by atoms with van der Waals surface area (Å²) in [6.07, 6.45) is 7.77. The highest BCUT2D eigenvalue weighted by Gasteiger charge is 2.26. The van der Waals surface area contributed by atoms with E-state index < -0.39 is 0 Å². The number of aromatic nitrogens is 5. The van der Waals surface area contributed by atoms with Crippen molar-refractivity contribution in [1.82, 2.24) is 35.2 Å². The van der Waals surface area contributed by atoms with Crippen LogP contribution >= 0.6 is 24.0 Å². The van der Waals surface area contributed by atoms with Gasteiger partial charge in [0, 0.05) is 37.8 Å². The Balaban J connectivity index is 0.00000225. The molecule has 9 heteroatoms. The zero-order valence-electron chi connectivity index (χ0n) is 17.1. The van der Waals surface area contributed by atoms with Crippen LogP contribution in [0.25, 0.3) is 0 Å². The van der Waals surface area contributed by atoms with Crippen molar-refractivity contribution in [2.75, 3.05) is 0 Å². The number of aryl methyl sites for hydroxylation is 2. The van der Waals surface area contributed by atoms with Gasteiger partial charge >= 0.3 is 0 Å². The van der Waals surface area contributed by atoms with E-state index in [0.717, 1.165) is 36.9 Å². The number of nitrogens with one attached hydrogen (secondary N) is 2. The normalized spacial score (nSPS) is 19.3. The molecule has 2 N–H and O–H groups in total. The van der Waals surface area contributed by atoms with Gasteiger partial charge < -0.3 is 15.2 Å². The predicted octanol–water partition coefficient (Wildman–Crippen LogP) is 2.27. The molecular formula is C19H31IN8. The first-order valence-electron chi connectivity index (χ1n) is 9.99. The molecule has 0 amide bonds. The summed E-state index contributed by atoms with van der Waals surface area (Å²) in [6.45, 7) is 6.83. The van der Waals surface area contributed by atoms with Gasteiger partial charge in [-0.05, 0) is 52.0 Å². The Labute approximate surface area is 183 Å². The molecule has 2 aromatic heterocycles. The minimum absolute atomic E-state index is 0. The Morgan fingerprint density at radius 2 is 1.96 bits per heavy atom. The fraction of sp³-hybridized carbons (Fsp3) is 0.684. The van der Waals surface area contributed by atoms with E-state index in [1.165, 1.54) is 24.1 Å². The highest BCUT2D eigenvalue weighted by atomic mass is 127. The number of fused-ring (bicyclic) bond motifs is 1. The third-order valence-corrected chi connectivity index (χ3v) is 5.45. The molecular weight excluding hydrogens is 467 g/mol. The van der Waals surface area contributed by atoms with Gasteiger partial charge in [-0.1, -0.05) is 0 Å². The second kappa shape index (κ2) is 8.79. The van der Waals surface area contributed by atoms with Crippen LogP contribution in [0, 0.1) is 6.92 Å². The molecule has 0 radical (unpaired) electrons. The Bertz CT molecular complexity index is 833. The standard InChI is InChI=1S/C19H30N8.HI/c1-12(2)27-11-14-5-6-16(9-17(14)25-27)22-19(21-15-7-8-15)20-10-18-24-23-13(3)26(18)4;/h11-12,15-16H,5-10H2,1-4H3,(H2,20,21,22);1H. The van der Waals surface area contributed by atoms with Gasteiger partial charge in [-0.2, -0.15) is 5.10 Å². The summed E-state index contributed by atoms with van der Waals surface area (Å²) in [5.41, 5.74) is 2.62. The molecule has 2 aliphatic rings. The molecule has 1 atom stereocenters. The molecule has 1 fully saturated rings. The van der Waals surface area contributed by atoms with Crippen molar-refractivity contribution in [3.05, 3.63) is 29.1 Å². The summed E-state index contributed by atoms with van der Waals surface area (Å²) in [6, 6.07) is 1.32.